The summed E-state index contributed by atoms with van der Waals surface area (Å²) in [7, 11) is 0. The van der Waals surface area contributed by atoms with Crippen molar-refractivity contribution in [1.82, 2.24) is 0 Å². The topological polar surface area (TPSA) is 196 Å². The number of carbonyl (C=O) groups is 1. The van der Waals surface area contributed by atoms with Crippen molar-refractivity contribution >= 4 is 5.97 Å². The van der Waals surface area contributed by atoms with Crippen LogP contribution in [0.1, 0.15) is 113 Å². The number of carboxylic acid groups (broad SMARTS) is 1. The Balaban J connectivity index is 1.15. The van der Waals surface area contributed by atoms with Gasteiger partial charge in [0.2, 0.25) is 0 Å². The van der Waals surface area contributed by atoms with Gasteiger partial charge in [-0.2, -0.15) is 0 Å². The predicted octanol–water partition coefficient (Wildman–Crippen LogP) is 3.52. The third-order valence-corrected chi connectivity index (χ3v) is 17.0. The number of hydrogen-bond acceptors (Lipinski definition) is 11. The highest BCUT2D eigenvalue weighted by molar-refractivity contribution is 5.76. The Morgan fingerprint density at radius 2 is 1.53 bits per heavy atom. The summed E-state index contributed by atoms with van der Waals surface area (Å²) in [4.78, 5) is 13.0. The number of fused-ring (bicyclic) bond motifs is 7. The number of ether oxygens (including phenoxy) is 4. The molecule has 0 aromatic heterocycles. The zero-order chi connectivity index (χ0) is 38.7. The molecule has 0 amide bonds. The molecular weight excluding hydrogens is 684 g/mol. The smallest absolute Gasteiger partial charge is 0.310 e. The molecule has 12 nitrogen and oxygen atoms in total. The Hall–Kier alpha value is -1.19. The maximum Gasteiger partial charge on any atom is 0.310 e. The van der Waals surface area contributed by atoms with Crippen LogP contribution in [0.5, 0.6) is 0 Å². The third kappa shape index (κ3) is 5.85. The largest absolute Gasteiger partial charge is 0.481 e. The van der Waals surface area contributed by atoms with Gasteiger partial charge in [-0.1, -0.05) is 53.2 Å². The van der Waals surface area contributed by atoms with Crippen molar-refractivity contribution in [3.05, 3.63) is 11.6 Å². The Morgan fingerprint density at radius 3 is 2.21 bits per heavy atom. The average Bonchev–Trinajstić information content (AvgIpc) is 3.10. The third-order valence-electron chi connectivity index (χ3n) is 17.0. The van der Waals surface area contributed by atoms with Gasteiger partial charge in [0.05, 0.1) is 30.8 Å². The molecule has 5 aliphatic carbocycles. The van der Waals surface area contributed by atoms with Crippen molar-refractivity contribution in [1.29, 1.82) is 0 Å². The van der Waals surface area contributed by atoms with E-state index >= 15 is 0 Å². The second-order valence-corrected chi connectivity index (χ2v) is 20.0. The summed E-state index contributed by atoms with van der Waals surface area (Å²) in [6.45, 7) is 15.1. The molecule has 302 valence electrons. The molecule has 2 saturated heterocycles. The van der Waals surface area contributed by atoms with Gasteiger partial charge in [-0.15, -0.1) is 0 Å². The van der Waals surface area contributed by atoms with E-state index in [-0.39, 0.29) is 46.7 Å². The summed E-state index contributed by atoms with van der Waals surface area (Å²) in [6.07, 6.45) is -1.79. The van der Waals surface area contributed by atoms with Crippen LogP contribution in [0.15, 0.2) is 11.6 Å². The van der Waals surface area contributed by atoms with Crippen LogP contribution < -0.4 is 0 Å². The number of hydrogen-bond donors (Lipinski definition) is 7. The van der Waals surface area contributed by atoms with Crippen molar-refractivity contribution in [3.63, 3.8) is 0 Å². The molecule has 0 aromatic carbocycles. The second kappa shape index (κ2) is 13.5. The molecule has 7 rings (SSSR count). The van der Waals surface area contributed by atoms with Crippen LogP contribution in [-0.4, -0.2) is 116 Å². The second-order valence-electron chi connectivity index (χ2n) is 20.0. The van der Waals surface area contributed by atoms with Crippen molar-refractivity contribution in [3.8, 4) is 0 Å². The van der Waals surface area contributed by atoms with Gasteiger partial charge >= 0.3 is 5.97 Å². The first-order valence-corrected chi connectivity index (χ1v) is 20.2. The molecular formula is C41H66O12. The molecule has 0 bridgehead atoms. The molecule has 0 unspecified atom stereocenters. The summed E-state index contributed by atoms with van der Waals surface area (Å²) in [5, 5.41) is 74.9. The number of rotatable bonds is 6. The van der Waals surface area contributed by atoms with Crippen LogP contribution in [-0.2, 0) is 23.7 Å². The predicted molar refractivity (Wildman–Crippen MR) is 192 cm³/mol. The molecule has 2 aliphatic heterocycles. The lowest BCUT2D eigenvalue weighted by Gasteiger charge is -2.71. The fraction of sp³-hybridized carbons (Fsp3) is 0.927. The van der Waals surface area contributed by atoms with Gasteiger partial charge in [-0.3, -0.25) is 4.79 Å². The Bertz CT molecular complexity index is 1440. The number of aliphatic hydroxyl groups excluding tert-OH is 6. The van der Waals surface area contributed by atoms with E-state index in [2.05, 4.69) is 47.6 Å². The Kier molecular flexibility index (Phi) is 10.2. The minimum atomic E-state index is -1.62. The summed E-state index contributed by atoms with van der Waals surface area (Å²) < 4.78 is 24.3. The van der Waals surface area contributed by atoms with E-state index in [0.717, 1.165) is 51.4 Å². The minimum Gasteiger partial charge on any atom is -0.481 e. The summed E-state index contributed by atoms with van der Waals surface area (Å²) in [6, 6.07) is 0. The van der Waals surface area contributed by atoms with Crippen LogP contribution >= 0.6 is 0 Å². The Labute approximate surface area is 314 Å². The van der Waals surface area contributed by atoms with Gasteiger partial charge in [-0.05, 0) is 111 Å². The van der Waals surface area contributed by atoms with Crippen LogP contribution in [0.2, 0.25) is 0 Å². The first-order chi connectivity index (χ1) is 24.7. The van der Waals surface area contributed by atoms with Crippen molar-refractivity contribution in [2.24, 2.45) is 50.2 Å². The lowest BCUT2D eigenvalue weighted by molar-refractivity contribution is -0.365. The number of aliphatic carboxylic acids is 1. The van der Waals surface area contributed by atoms with Gasteiger partial charge < -0.3 is 54.7 Å². The molecule has 12 heteroatoms. The highest BCUT2D eigenvalue weighted by atomic mass is 16.8. The molecule has 6 fully saturated rings. The molecule has 0 aromatic rings. The average molecular weight is 751 g/mol. The normalized spacial score (nSPS) is 55.1. The van der Waals surface area contributed by atoms with E-state index in [1.165, 1.54) is 12.5 Å². The first-order valence-electron chi connectivity index (χ1n) is 20.2. The van der Waals surface area contributed by atoms with Crippen LogP contribution in [0.3, 0.4) is 0 Å². The molecule has 0 radical (unpaired) electrons. The number of carboxylic acids is 1. The fourth-order valence-electron chi connectivity index (χ4n) is 13.3. The molecule has 0 spiro atoms. The molecule has 7 N–H and O–H groups in total. The highest BCUT2D eigenvalue weighted by Crippen LogP contribution is 2.76. The van der Waals surface area contributed by atoms with E-state index in [1.54, 1.807) is 0 Å². The monoisotopic (exact) mass is 750 g/mol. The fourth-order valence-corrected chi connectivity index (χ4v) is 13.3. The lowest BCUT2D eigenvalue weighted by atomic mass is 9.33. The first kappa shape index (κ1) is 40.0. The summed E-state index contributed by atoms with van der Waals surface area (Å²) in [5.41, 5.74) is -0.239. The van der Waals surface area contributed by atoms with E-state index in [9.17, 15) is 40.5 Å². The lowest BCUT2D eigenvalue weighted by Crippen LogP contribution is -2.67. The van der Waals surface area contributed by atoms with Crippen LogP contribution in [0, 0.1) is 50.2 Å². The standard InChI is InChI=1S/C41H66O12/c1-21-28(44)30(46)31(47)33(51-21)53-32-29(45)24(43)19-50-34(32)52-27-11-12-37(4)25(38(27,5)20-42)10-13-40(7)26(37)9-8-22-23-18-36(2,3)14-16-41(23,35(48)49)17-15-39(22,40)6/h8,21,23-34,42-47H,9-20H2,1-7H3,(H,48,49)/t21-,23-,24-,25+,26+,27-,28-,29-,30+,31+,32+,33-,34-,37-,38+,39+,40+,41-/m0/s1. The van der Waals surface area contributed by atoms with Crippen LogP contribution in [0.25, 0.3) is 0 Å². The zero-order valence-corrected chi connectivity index (χ0v) is 32.7. The minimum absolute atomic E-state index is 0.0360. The number of allylic oxidation sites excluding steroid dienone is 2. The van der Waals surface area contributed by atoms with Gasteiger partial charge in [0.1, 0.15) is 36.6 Å². The maximum absolute atomic E-state index is 13.0. The Morgan fingerprint density at radius 1 is 0.830 bits per heavy atom. The van der Waals surface area contributed by atoms with Crippen molar-refractivity contribution < 1.29 is 59.5 Å². The molecule has 7 aliphatic rings. The van der Waals surface area contributed by atoms with E-state index in [4.69, 9.17) is 18.9 Å². The summed E-state index contributed by atoms with van der Waals surface area (Å²) in [5.74, 6) is -0.194. The van der Waals surface area contributed by atoms with Gasteiger partial charge in [0.15, 0.2) is 12.6 Å². The highest BCUT2D eigenvalue weighted by Gasteiger charge is 2.70. The van der Waals surface area contributed by atoms with Gasteiger partial charge in [0.25, 0.3) is 0 Å². The van der Waals surface area contributed by atoms with Gasteiger partial charge in [-0.25, -0.2) is 0 Å². The van der Waals surface area contributed by atoms with E-state index in [1.807, 2.05) is 0 Å². The van der Waals surface area contributed by atoms with Gasteiger partial charge in [0, 0.05) is 5.41 Å². The van der Waals surface area contributed by atoms with Crippen molar-refractivity contribution in [2.45, 2.75) is 174 Å². The SMILES string of the molecule is C[C@@H]1O[C@@H](O[C@H]2[C@H](O[C@H]3CC[C@@]4(C)[C@@H](CC[C@]5(C)[C@@H]4CC=C4[C@@H]6CC(C)(C)CC[C@]6(C(=O)O)CC[C@]45C)[C@@]3(C)CO)OC[C@H](O)[C@@H]2O)[C@H](O)[C@H](O)[C@H]1O. The van der Waals surface area contributed by atoms with E-state index in [0.29, 0.717) is 18.8 Å². The summed E-state index contributed by atoms with van der Waals surface area (Å²) >= 11 is 0. The van der Waals surface area contributed by atoms with Crippen LogP contribution in [0.4, 0.5) is 0 Å². The molecule has 18 atom stereocenters. The quantitative estimate of drug-likeness (QED) is 0.155. The number of aliphatic hydroxyl groups is 6. The maximum atomic E-state index is 13.0. The molecule has 2 heterocycles. The van der Waals surface area contributed by atoms with Crippen molar-refractivity contribution in [2.75, 3.05) is 13.2 Å². The molecule has 53 heavy (non-hydrogen) atoms. The zero-order valence-electron chi connectivity index (χ0n) is 32.7. The molecule has 4 saturated carbocycles. The van der Waals surface area contributed by atoms with E-state index < -0.39 is 78.2 Å².